The number of nitrogens with one attached hydrogen (secondary N) is 1. The Bertz CT molecular complexity index is 678. The van der Waals surface area contributed by atoms with Crippen LogP contribution in [0.3, 0.4) is 0 Å². The van der Waals surface area contributed by atoms with Crippen molar-refractivity contribution in [1.82, 2.24) is 15.1 Å². The molecule has 0 saturated heterocycles. The van der Waals surface area contributed by atoms with E-state index >= 15 is 0 Å². The first-order valence-electron chi connectivity index (χ1n) is 6.69. The molecule has 0 saturated carbocycles. The number of amides is 1. The highest BCUT2D eigenvalue weighted by Crippen LogP contribution is 2.15. The summed E-state index contributed by atoms with van der Waals surface area (Å²) in [6, 6.07) is 5.35. The van der Waals surface area contributed by atoms with Crippen LogP contribution in [0.15, 0.2) is 33.5 Å². The highest BCUT2D eigenvalue weighted by atomic mass is 19.1. The van der Waals surface area contributed by atoms with Crippen LogP contribution in [0.1, 0.15) is 6.42 Å². The van der Waals surface area contributed by atoms with Crippen molar-refractivity contribution < 1.29 is 18.3 Å². The van der Waals surface area contributed by atoms with E-state index in [1.807, 2.05) is 0 Å². The molecule has 1 aromatic heterocycles. The van der Waals surface area contributed by atoms with Gasteiger partial charge in [0.25, 0.3) is 0 Å². The fourth-order valence-corrected chi connectivity index (χ4v) is 1.75. The maximum atomic E-state index is 12.9. The van der Waals surface area contributed by atoms with E-state index in [1.54, 1.807) is 7.11 Å². The molecule has 0 fully saturated rings. The third kappa shape index (κ3) is 4.26. The summed E-state index contributed by atoms with van der Waals surface area (Å²) in [5.41, 5.74) is 0.456. The lowest BCUT2D eigenvalue weighted by molar-refractivity contribution is -0.121. The minimum atomic E-state index is -0.744. The average Bonchev–Trinajstić information content (AvgIpc) is 2.85. The van der Waals surface area contributed by atoms with Gasteiger partial charge in [-0.15, -0.1) is 5.10 Å². The first-order chi connectivity index (χ1) is 10.6. The normalized spacial score (nSPS) is 10.6. The van der Waals surface area contributed by atoms with Crippen LogP contribution in [-0.4, -0.2) is 35.9 Å². The van der Waals surface area contributed by atoms with Gasteiger partial charge < -0.3 is 14.5 Å². The molecule has 0 spiro atoms. The number of ether oxygens (including phenoxy) is 1. The fourth-order valence-electron chi connectivity index (χ4n) is 1.75. The maximum Gasteiger partial charge on any atom is 0.437 e. The molecule has 1 amide bonds. The van der Waals surface area contributed by atoms with E-state index in [4.69, 9.17) is 9.15 Å². The molecular formula is C14H16FN3O4. The quantitative estimate of drug-likeness (QED) is 0.764. The Balaban J connectivity index is 1.99. The Hall–Kier alpha value is -2.48. The SMILES string of the molecule is COCCCNC(=O)Cn1nc(-c2ccc(F)cc2)oc1=O. The highest BCUT2D eigenvalue weighted by molar-refractivity contribution is 5.75. The Morgan fingerprint density at radius 2 is 2.14 bits per heavy atom. The molecule has 0 atom stereocenters. The molecule has 7 nitrogen and oxygen atoms in total. The van der Waals surface area contributed by atoms with Crippen molar-refractivity contribution in [3.8, 4) is 11.5 Å². The van der Waals surface area contributed by atoms with Crippen molar-refractivity contribution >= 4 is 5.91 Å². The lowest BCUT2D eigenvalue weighted by Crippen LogP contribution is -2.32. The number of nitrogens with zero attached hydrogens (tertiary/aromatic N) is 2. The van der Waals surface area contributed by atoms with Gasteiger partial charge in [0.1, 0.15) is 12.4 Å². The van der Waals surface area contributed by atoms with Crippen LogP contribution in [-0.2, 0) is 16.1 Å². The van der Waals surface area contributed by atoms with Crippen LogP contribution in [0.25, 0.3) is 11.5 Å². The molecule has 2 aromatic rings. The number of hydrogen-bond donors (Lipinski definition) is 1. The molecule has 0 aliphatic carbocycles. The number of hydrogen-bond acceptors (Lipinski definition) is 5. The Morgan fingerprint density at radius 3 is 2.82 bits per heavy atom. The van der Waals surface area contributed by atoms with Gasteiger partial charge in [0, 0.05) is 25.8 Å². The zero-order chi connectivity index (χ0) is 15.9. The predicted molar refractivity (Wildman–Crippen MR) is 75.7 cm³/mol. The second kappa shape index (κ2) is 7.51. The number of benzene rings is 1. The van der Waals surface area contributed by atoms with Gasteiger partial charge in [0.15, 0.2) is 0 Å². The molecule has 0 aliphatic heterocycles. The monoisotopic (exact) mass is 309 g/mol. The molecular weight excluding hydrogens is 293 g/mol. The van der Waals surface area contributed by atoms with E-state index in [9.17, 15) is 14.0 Å². The number of carbonyl (C=O) groups is 1. The van der Waals surface area contributed by atoms with Crippen molar-refractivity contribution in [3.63, 3.8) is 0 Å². The minimum Gasteiger partial charge on any atom is -0.388 e. The predicted octanol–water partition coefficient (Wildman–Crippen LogP) is 0.795. The summed E-state index contributed by atoms with van der Waals surface area (Å²) in [5, 5.41) is 6.56. The van der Waals surface area contributed by atoms with Crippen LogP contribution in [0.4, 0.5) is 4.39 Å². The van der Waals surface area contributed by atoms with Crippen LogP contribution in [0.5, 0.6) is 0 Å². The van der Waals surface area contributed by atoms with Gasteiger partial charge in [-0.25, -0.2) is 9.18 Å². The Labute approximate surface area is 125 Å². The van der Waals surface area contributed by atoms with Crippen LogP contribution in [0, 0.1) is 5.82 Å². The zero-order valence-electron chi connectivity index (χ0n) is 12.0. The number of methoxy groups -OCH3 is 1. The van der Waals surface area contributed by atoms with Gasteiger partial charge in [0.05, 0.1) is 0 Å². The lowest BCUT2D eigenvalue weighted by Gasteiger charge is -2.03. The van der Waals surface area contributed by atoms with Gasteiger partial charge in [-0.2, -0.15) is 4.68 Å². The van der Waals surface area contributed by atoms with E-state index < -0.39 is 11.6 Å². The van der Waals surface area contributed by atoms with Gasteiger partial charge in [-0.05, 0) is 30.7 Å². The zero-order valence-corrected chi connectivity index (χ0v) is 12.0. The fraction of sp³-hybridized carbons (Fsp3) is 0.357. The van der Waals surface area contributed by atoms with E-state index in [-0.39, 0.29) is 18.3 Å². The van der Waals surface area contributed by atoms with Crippen molar-refractivity contribution in [1.29, 1.82) is 0 Å². The van der Waals surface area contributed by atoms with Crippen molar-refractivity contribution in [3.05, 3.63) is 40.6 Å². The number of aromatic nitrogens is 2. The topological polar surface area (TPSA) is 86.4 Å². The summed E-state index contributed by atoms with van der Waals surface area (Å²) in [5.74, 6) is -1.46. The average molecular weight is 309 g/mol. The molecule has 1 heterocycles. The molecule has 1 N–H and O–H groups in total. The first-order valence-corrected chi connectivity index (χ1v) is 6.69. The minimum absolute atomic E-state index is 0.0391. The molecule has 0 bridgehead atoms. The summed E-state index contributed by atoms with van der Waals surface area (Å²) in [4.78, 5) is 23.3. The number of halogens is 1. The van der Waals surface area contributed by atoms with E-state index in [2.05, 4.69) is 10.4 Å². The molecule has 2 rings (SSSR count). The van der Waals surface area contributed by atoms with Gasteiger partial charge >= 0.3 is 5.76 Å². The van der Waals surface area contributed by atoms with E-state index in [1.165, 1.54) is 24.3 Å². The van der Waals surface area contributed by atoms with Crippen LogP contribution >= 0.6 is 0 Å². The van der Waals surface area contributed by atoms with Crippen molar-refractivity contribution in [2.45, 2.75) is 13.0 Å². The standard InChI is InChI=1S/C14H16FN3O4/c1-21-8-2-7-16-12(19)9-18-14(20)22-13(17-18)10-3-5-11(15)6-4-10/h3-6H,2,7-9H2,1H3,(H,16,19). The summed E-state index contributed by atoms with van der Waals surface area (Å²) in [6.07, 6.45) is 0.677. The Kier molecular flexibility index (Phi) is 5.42. The second-order valence-electron chi connectivity index (χ2n) is 4.53. The maximum absolute atomic E-state index is 12.9. The molecule has 22 heavy (non-hydrogen) atoms. The van der Waals surface area contributed by atoms with Gasteiger partial charge in [-0.1, -0.05) is 0 Å². The van der Waals surface area contributed by atoms with Crippen LogP contribution in [0.2, 0.25) is 0 Å². The van der Waals surface area contributed by atoms with Crippen molar-refractivity contribution in [2.75, 3.05) is 20.3 Å². The molecule has 1 aromatic carbocycles. The summed E-state index contributed by atoms with van der Waals surface area (Å²) >= 11 is 0. The highest BCUT2D eigenvalue weighted by Gasteiger charge is 2.13. The third-order valence-corrected chi connectivity index (χ3v) is 2.84. The van der Waals surface area contributed by atoms with E-state index in [0.717, 1.165) is 4.68 Å². The van der Waals surface area contributed by atoms with Crippen molar-refractivity contribution in [2.24, 2.45) is 0 Å². The van der Waals surface area contributed by atoms with Gasteiger partial charge in [-0.3, -0.25) is 4.79 Å². The summed E-state index contributed by atoms with van der Waals surface area (Å²) in [7, 11) is 1.58. The first kappa shape index (κ1) is 15.9. The largest absolute Gasteiger partial charge is 0.437 e. The Morgan fingerprint density at radius 1 is 1.41 bits per heavy atom. The van der Waals surface area contributed by atoms with E-state index in [0.29, 0.717) is 25.1 Å². The summed E-state index contributed by atoms with van der Waals surface area (Å²) in [6.45, 7) is 0.750. The molecule has 0 radical (unpaired) electrons. The number of carbonyl (C=O) groups excluding carboxylic acids is 1. The van der Waals surface area contributed by atoms with Crippen LogP contribution < -0.4 is 11.1 Å². The third-order valence-electron chi connectivity index (χ3n) is 2.84. The molecule has 8 heteroatoms. The molecule has 118 valence electrons. The second-order valence-corrected chi connectivity index (χ2v) is 4.53. The number of rotatable bonds is 7. The smallest absolute Gasteiger partial charge is 0.388 e. The van der Waals surface area contributed by atoms with Gasteiger partial charge in [0.2, 0.25) is 11.8 Å². The molecule has 0 unspecified atom stereocenters. The lowest BCUT2D eigenvalue weighted by atomic mass is 10.2. The molecule has 0 aliphatic rings. The summed E-state index contributed by atoms with van der Waals surface area (Å²) < 4.78 is 23.6.